The third kappa shape index (κ3) is 4.77. The molecule has 114 valence electrons. The molecule has 2 rings (SSSR count). The van der Waals surface area contributed by atoms with Crippen LogP contribution in [-0.2, 0) is 11.2 Å². The molecule has 0 radical (unpaired) electrons. The quantitative estimate of drug-likeness (QED) is 0.785. The van der Waals surface area contributed by atoms with E-state index in [1.807, 2.05) is 18.2 Å². The summed E-state index contributed by atoms with van der Waals surface area (Å²) in [4.78, 5) is 11.9. The molecule has 3 nitrogen and oxygen atoms in total. The Morgan fingerprint density at radius 1 is 1.18 bits per heavy atom. The monoisotopic (exact) mass is 296 g/mol. The molecular weight excluding hydrogens is 276 g/mol. The third-order valence-electron chi connectivity index (χ3n) is 3.40. The molecule has 0 spiro atoms. The Morgan fingerprint density at radius 3 is 2.68 bits per heavy atom. The first-order chi connectivity index (χ1) is 10.7. The van der Waals surface area contributed by atoms with Crippen LogP contribution >= 0.6 is 0 Å². The summed E-state index contributed by atoms with van der Waals surface area (Å²) in [6.45, 7) is 0. The molecule has 0 aliphatic rings. The minimum atomic E-state index is 0.0915. The molecule has 3 heteroatoms. The van der Waals surface area contributed by atoms with Crippen molar-refractivity contribution in [3.63, 3.8) is 0 Å². The number of rotatable bonds is 7. The Kier molecular flexibility index (Phi) is 5.78. The second kappa shape index (κ2) is 8.03. The van der Waals surface area contributed by atoms with E-state index in [2.05, 4.69) is 12.1 Å². The van der Waals surface area contributed by atoms with E-state index in [9.17, 15) is 9.90 Å². The van der Waals surface area contributed by atoms with E-state index < -0.39 is 0 Å². The van der Waals surface area contributed by atoms with Crippen molar-refractivity contribution in [1.29, 1.82) is 0 Å². The van der Waals surface area contributed by atoms with Crippen LogP contribution < -0.4 is 4.74 Å². The lowest BCUT2D eigenvalue weighted by Crippen LogP contribution is -1.94. The number of methoxy groups -OCH3 is 1. The molecule has 0 unspecified atom stereocenters. The Bertz CT molecular complexity index is 645. The number of hydrogen-bond acceptors (Lipinski definition) is 3. The normalized spacial score (nSPS) is 10.8. The minimum absolute atomic E-state index is 0.0915. The highest BCUT2D eigenvalue weighted by Gasteiger charge is 2.02. The lowest BCUT2D eigenvalue weighted by Gasteiger charge is -2.03. The summed E-state index contributed by atoms with van der Waals surface area (Å²) in [6, 6.07) is 15.1. The minimum Gasteiger partial charge on any atom is -0.504 e. The average molecular weight is 296 g/mol. The number of phenolic OH excluding ortho intramolecular Hbond substituents is 1. The van der Waals surface area contributed by atoms with Crippen molar-refractivity contribution < 1.29 is 14.6 Å². The number of carbonyl (C=O) groups is 1. The van der Waals surface area contributed by atoms with Gasteiger partial charge in [-0.3, -0.25) is 4.79 Å². The van der Waals surface area contributed by atoms with Gasteiger partial charge in [0.15, 0.2) is 17.3 Å². The fourth-order valence-electron chi connectivity index (χ4n) is 2.18. The van der Waals surface area contributed by atoms with Gasteiger partial charge in [-0.05, 0) is 42.2 Å². The molecule has 0 heterocycles. The van der Waals surface area contributed by atoms with Crippen molar-refractivity contribution in [2.75, 3.05) is 7.11 Å². The molecular formula is C19H20O3. The van der Waals surface area contributed by atoms with Crippen LogP contribution in [0.15, 0.2) is 54.6 Å². The van der Waals surface area contributed by atoms with Gasteiger partial charge in [0, 0.05) is 6.42 Å². The number of phenols is 1. The maximum atomic E-state index is 11.9. The van der Waals surface area contributed by atoms with Crippen molar-refractivity contribution in [1.82, 2.24) is 0 Å². The van der Waals surface area contributed by atoms with Crippen molar-refractivity contribution in [2.24, 2.45) is 0 Å². The predicted molar refractivity (Wildman–Crippen MR) is 88.1 cm³/mol. The summed E-state index contributed by atoms with van der Waals surface area (Å²) in [5.74, 6) is 0.593. The highest BCUT2D eigenvalue weighted by Crippen LogP contribution is 2.26. The smallest absolute Gasteiger partial charge is 0.161 e. The largest absolute Gasteiger partial charge is 0.504 e. The van der Waals surface area contributed by atoms with E-state index in [0.29, 0.717) is 12.2 Å². The first-order valence-electron chi connectivity index (χ1n) is 7.31. The molecule has 0 aromatic heterocycles. The number of ketones is 1. The molecule has 2 aromatic carbocycles. The Labute approximate surface area is 130 Å². The van der Waals surface area contributed by atoms with Crippen molar-refractivity contribution in [2.45, 2.75) is 19.3 Å². The molecule has 2 aromatic rings. The fraction of sp³-hybridized carbons (Fsp3) is 0.211. The highest BCUT2D eigenvalue weighted by molar-refractivity contribution is 5.93. The van der Waals surface area contributed by atoms with E-state index in [0.717, 1.165) is 18.4 Å². The lowest BCUT2D eigenvalue weighted by molar-refractivity contribution is -0.114. The van der Waals surface area contributed by atoms with E-state index in [1.165, 1.54) is 12.7 Å². The first-order valence-corrected chi connectivity index (χ1v) is 7.31. The zero-order valence-corrected chi connectivity index (χ0v) is 12.7. The number of benzene rings is 2. The van der Waals surface area contributed by atoms with Gasteiger partial charge < -0.3 is 9.84 Å². The van der Waals surface area contributed by atoms with Crippen LogP contribution in [0.3, 0.4) is 0 Å². The summed E-state index contributed by atoms with van der Waals surface area (Å²) in [5, 5.41) is 9.52. The Balaban J connectivity index is 1.83. The third-order valence-corrected chi connectivity index (χ3v) is 3.40. The molecule has 0 amide bonds. The maximum Gasteiger partial charge on any atom is 0.161 e. The number of ether oxygens (including phenoxy) is 1. The molecule has 0 bridgehead atoms. The predicted octanol–water partition coefficient (Wildman–Crippen LogP) is 4.01. The van der Waals surface area contributed by atoms with E-state index in [1.54, 1.807) is 30.4 Å². The van der Waals surface area contributed by atoms with Crippen LogP contribution in [0.4, 0.5) is 0 Å². The molecule has 0 fully saturated rings. The molecule has 22 heavy (non-hydrogen) atoms. The Hall–Kier alpha value is -2.55. The van der Waals surface area contributed by atoms with Crippen LogP contribution in [-0.4, -0.2) is 18.0 Å². The van der Waals surface area contributed by atoms with Crippen LogP contribution in [0, 0.1) is 0 Å². The van der Waals surface area contributed by atoms with E-state index >= 15 is 0 Å². The average Bonchev–Trinajstić information content (AvgIpc) is 2.55. The van der Waals surface area contributed by atoms with Gasteiger partial charge >= 0.3 is 0 Å². The molecule has 0 atom stereocenters. The number of carbonyl (C=O) groups excluding carboxylic acids is 1. The SMILES string of the molecule is COc1cc(/C=C/C(=O)CCCc2ccccc2)ccc1O. The van der Waals surface area contributed by atoms with Gasteiger partial charge in [0.1, 0.15) is 0 Å². The van der Waals surface area contributed by atoms with E-state index in [4.69, 9.17) is 4.74 Å². The van der Waals surface area contributed by atoms with E-state index in [-0.39, 0.29) is 11.5 Å². The highest BCUT2D eigenvalue weighted by atomic mass is 16.5. The summed E-state index contributed by atoms with van der Waals surface area (Å²) in [6.07, 6.45) is 5.60. The van der Waals surface area contributed by atoms with Gasteiger partial charge in [0.25, 0.3) is 0 Å². The number of aryl methyl sites for hydroxylation is 1. The topological polar surface area (TPSA) is 46.5 Å². The van der Waals surface area contributed by atoms with Gasteiger partial charge in [-0.1, -0.05) is 42.5 Å². The van der Waals surface area contributed by atoms with Crippen LogP contribution in [0.25, 0.3) is 6.08 Å². The molecule has 1 N–H and O–H groups in total. The molecule has 0 aliphatic carbocycles. The molecule has 0 aliphatic heterocycles. The summed E-state index contributed by atoms with van der Waals surface area (Å²) in [5.41, 5.74) is 2.08. The van der Waals surface area contributed by atoms with Crippen molar-refractivity contribution >= 4 is 11.9 Å². The fourth-order valence-corrected chi connectivity index (χ4v) is 2.18. The maximum absolute atomic E-state index is 11.9. The lowest BCUT2D eigenvalue weighted by atomic mass is 10.1. The molecule has 0 saturated carbocycles. The van der Waals surface area contributed by atoms with Gasteiger partial charge in [0.2, 0.25) is 0 Å². The zero-order valence-electron chi connectivity index (χ0n) is 12.7. The first kappa shape index (κ1) is 15.8. The van der Waals surface area contributed by atoms with Crippen LogP contribution in [0.1, 0.15) is 24.0 Å². The van der Waals surface area contributed by atoms with Gasteiger partial charge in [-0.25, -0.2) is 0 Å². The summed E-state index contributed by atoms with van der Waals surface area (Å²) in [7, 11) is 1.50. The van der Waals surface area contributed by atoms with Crippen molar-refractivity contribution in [3.05, 3.63) is 65.7 Å². The number of aromatic hydroxyl groups is 1. The molecule has 0 saturated heterocycles. The number of allylic oxidation sites excluding steroid dienone is 1. The van der Waals surface area contributed by atoms with Gasteiger partial charge in [-0.2, -0.15) is 0 Å². The van der Waals surface area contributed by atoms with Crippen molar-refractivity contribution in [3.8, 4) is 11.5 Å². The standard InChI is InChI=1S/C19H20O3/c1-22-19-14-16(11-13-18(19)21)10-12-17(20)9-5-8-15-6-3-2-4-7-15/h2-4,6-7,10-14,21H,5,8-9H2,1H3/b12-10+. The Morgan fingerprint density at radius 2 is 1.95 bits per heavy atom. The number of hydrogen-bond donors (Lipinski definition) is 1. The summed E-state index contributed by atoms with van der Waals surface area (Å²) < 4.78 is 5.04. The van der Waals surface area contributed by atoms with Crippen LogP contribution in [0.2, 0.25) is 0 Å². The second-order valence-corrected chi connectivity index (χ2v) is 5.07. The van der Waals surface area contributed by atoms with Gasteiger partial charge in [-0.15, -0.1) is 0 Å². The zero-order chi connectivity index (χ0) is 15.8. The second-order valence-electron chi connectivity index (χ2n) is 5.07. The van der Waals surface area contributed by atoms with Gasteiger partial charge in [0.05, 0.1) is 7.11 Å². The summed E-state index contributed by atoms with van der Waals surface area (Å²) >= 11 is 0. The van der Waals surface area contributed by atoms with Crippen LogP contribution in [0.5, 0.6) is 11.5 Å².